The average molecular weight is 315 g/mol. The number of benzene rings is 1. The first-order valence-electron chi connectivity index (χ1n) is 7.97. The third-order valence-corrected chi connectivity index (χ3v) is 4.71. The molecule has 122 valence electrons. The SMILES string of the molecule is CC[C@H]1C(=O)NC1CC(=O)c1ccc(N2CCN(C)C2=O)cc1. The van der Waals surface area contributed by atoms with E-state index in [1.54, 1.807) is 41.1 Å². The lowest BCUT2D eigenvalue weighted by atomic mass is 9.84. The summed E-state index contributed by atoms with van der Waals surface area (Å²) in [6.45, 7) is 3.33. The third-order valence-electron chi connectivity index (χ3n) is 4.71. The highest BCUT2D eigenvalue weighted by atomic mass is 16.2. The largest absolute Gasteiger partial charge is 0.352 e. The van der Waals surface area contributed by atoms with Crippen LogP contribution in [0.5, 0.6) is 0 Å². The normalized spacial score (nSPS) is 23.7. The maximum Gasteiger partial charge on any atom is 0.324 e. The van der Waals surface area contributed by atoms with Gasteiger partial charge >= 0.3 is 6.03 Å². The number of ketones is 1. The Kier molecular flexibility index (Phi) is 4.07. The predicted octanol–water partition coefficient (Wildman–Crippen LogP) is 1.66. The van der Waals surface area contributed by atoms with Crippen LogP contribution in [0.15, 0.2) is 24.3 Å². The van der Waals surface area contributed by atoms with Gasteiger partial charge in [0.2, 0.25) is 5.91 Å². The smallest absolute Gasteiger partial charge is 0.324 e. The van der Waals surface area contributed by atoms with Crippen molar-refractivity contribution in [3.05, 3.63) is 29.8 Å². The van der Waals surface area contributed by atoms with E-state index >= 15 is 0 Å². The van der Waals surface area contributed by atoms with Gasteiger partial charge in [-0.15, -0.1) is 0 Å². The summed E-state index contributed by atoms with van der Waals surface area (Å²) < 4.78 is 0. The predicted molar refractivity (Wildman–Crippen MR) is 86.5 cm³/mol. The highest BCUT2D eigenvalue weighted by Crippen LogP contribution is 2.24. The van der Waals surface area contributed by atoms with Crippen LogP contribution in [-0.4, -0.2) is 48.8 Å². The molecule has 1 aromatic rings. The van der Waals surface area contributed by atoms with E-state index in [2.05, 4.69) is 5.32 Å². The van der Waals surface area contributed by atoms with Gasteiger partial charge in [0, 0.05) is 43.9 Å². The van der Waals surface area contributed by atoms with Crippen molar-refractivity contribution < 1.29 is 14.4 Å². The zero-order valence-electron chi connectivity index (χ0n) is 13.4. The number of carbonyl (C=O) groups is 3. The summed E-state index contributed by atoms with van der Waals surface area (Å²) in [5, 5.41) is 2.79. The van der Waals surface area contributed by atoms with Gasteiger partial charge < -0.3 is 10.2 Å². The van der Waals surface area contributed by atoms with Gasteiger partial charge in [-0.25, -0.2) is 4.79 Å². The van der Waals surface area contributed by atoms with Crippen molar-refractivity contribution in [1.82, 2.24) is 10.2 Å². The van der Waals surface area contributed by atoms with E-state index in [1.165, 1.54) is 0 Å². The zero-order chi connectivity index (χ0) is 16.6. The summed E-state index contributed by atoms with van der Waals surface area (Å²) in [5.74, 6) is 0.0122. The number of Topliss-reactive ketones (excluding diaryl/α,β-unsaturated/α-hetero) is 1. The molecular formula is C17H21N3O3. The maximum absolute atomic E-state index is 12.3. The Hall–Kier alpha value is -2.37. The fraction of sp³-hybridized carbons (Fsp3) is 0.471. The van der Waals surface area contributed by atoms with Crippen LogP contribution in [0.2, 0.25) is 0 Å². The standard InChI is InChI=1S/C17H21N3O3/c1-3-13-14(18-16(13)22)10-15(21)11-4-6-12(7-5-11)20-9-8-19(2)17(20)23/h4-7,13-14H,3,8-10H2,1-2H3,(H,18,22)/t13-,14?/m1/s1. The van der Waals surface area contributed by atoms with E-state index in [9.17, 15) is 14.4 Å². The number of nitrogens with one attached hydrogen (secondary N) is 1. The fourth-order valence-corrected chi connectivity index (χ4v) is 3.17. The first-order chi connectivity index (χ1) is 11.0. The first-order valence-corrected chi connectivity index (χ1v) is 7.97. The van der Waals surface area contributed by atoms with Gasteiger partial charge in [0.15, 0.2) is 5.78 Å². The monoisotopic (exact) mass is 315 g/mol. The molecule has 0 saturated carbocycles. The molecular weight excluding hydrogens is 294 g/mol. The Balaban J connectivity index is 1.64. The molecule has 1 N–H and O–H groups in total. The third kappa shape index (κ3) is 2.81. The summed E-state index contributed by atoms with van der Waals surface area (Å²) in [6, 6.07) is 7.05. The van der Waals surface area contributed by atoms with Gasteiger partial charge in [0.25, 0.3) is 0 Å². The number of amides is 3. The second kappa shape index (κ2) is 6.02. The van der Waals surface area contributed by atoms with Crippen LogP contribution < -0.4 is 10.2 Å². The maximum atomic E-state index is 12.3. The van der Waals surface area contributed by atoms with Crippen LogP contribution in [0.1, 0.15) is 30.1 Å². The molecule has 23 heavy (non-hydrogen) atoms. The molecule has 1 unspecified atom stereocenters. The van der Waals surface area contributed by atoms with Crippen molar-refractivity contribution >= 4 is 23.4 Å². The number of nitrogens with zero attached hydrogens (tertiary/aromatic N) is 2. The van der Waals surface area contributed by atoms with Crippen LogP contribution in [0.25, 0.3) is 0 Å². The molecule has 0 aliphatic carbocycles. The van der Waals surface area contributed by atoms with E-state index in [-0.39, 0.29) is 29.7 Å². The molecule has 2 aliphatic heterocycles. The highest BCUT2D eigenvalue weighted by molar-refractivity contribution is 5.99. The van der Waals surface area contributed by atoms with Gasteiger partial charge in [0.05, 0.1) is 5.92 Å². The van der Waals surface area contributed by atoms with Crippen LogP contribution in [-0.2, 0) is 4.79 Å². The van der Waals surface area contributed by atoms with Crippen LogP contribution in [0.3, 0.4) is 0 Å². The summed E-state index contributed by atoms with van der Waals surface area (Å²) in [5.41, 5.74) is 1.42. The fourth-order valence-electron chi connectivity index (χ4n) is 3.17. The molecule has 2 atom stereocenters. The highest BCUT2D eigenvalue weighted by Gasteiger charge is 2.38. The number of hydrogen-bond acceptors (Lipinski definition) is 3. The van der Waals surface area contributed by atoms with Crippen molar-refractivity contribution in [1.29, 1.82) is 0 Å². The Morgan fingerprint density at radius 2 is 1.91 bits per heavy atom. The molecule has 6 heteroatoms. The molecule has 0 spiro atoms. The van der Waals surface area contributed by atoms with Crippen molar-refractivity contribution in [2.75, 3.05) is 25.0 Å². The Morgan fingerprint density at radius 1 is 1.22 bits per heavy atom. The quantitative estimate of drug-likeness (QED) is 0.663. The molecule has 2 fully saturated rings. The average Bonchev–Trinajstić information content (AvgIpc) is 2.87. The number of anilines is 1. The minimum atomic E-state index is -0.0477. The van der Waals surface area contributed by atoms with E-state index in [1.807, 2.05) is 6.92 Å². The molecule has 3 rings (SSSR count). The minimum absolute atomic E-state index is 0.0184. The van der Waals surface area contributed by atoms with E-state index in [0.717, 1.165) is 12.1 Å². The van der Waals surface area contributed by atoms with Crippen LogP contribution in [0, 0.1) is 5.92 Å². The molecule has 6 nitrogen and oxygen atoms in total. The second-order valence-corrected chi connectivity index (χ2v) is 6.16. The van der Waals surface area contributed by atoms with Crippen LogP contribution >= 0.6 is 0 Å². The minimum Gasteiger partial charge on any atom is -0.352 e. The van der Waals surface area contributed by atoms with Crippen molar-refractivity contribution in [3.8, 4) is 0 Å². The molecule has 1 aromatic carbocycles. The summed E-state index contributed by atoms with van der Waals surface area (Å²) in [4.78, 5) is 39.0. The number of β-lactam (4-membered cyclic amide) rings is 1. The van der Waals surface area contributed by atoms with Gasteiger partial charge in [-0.3, -0.25) is 14.5 Å². The zero-order valence-corrected chi connectivity index (χ0v) is 13.4. The Labute approximate surface area is 135 Å². The number of hydrogen-bond donors (Lipinski definition) is 1. The molecule has 2 saturated heterocycles. The summed E-state index contributed by atoms with van der Waals surface area (Å²) in [7, 11) is 1.78. The topological polar surface area (TPSA) is 69.7 Å². The summed E-state index contributed by atoms with van der Waals surface area (Å²) in [6.07, 6.45) is 1.09. The number of carbonyl (C=O) groups excluding carboxylic acids is 3. The molecule has 2 aliphatic rings. The van der Waals surface area contributed by atoms with E-state index in [0.29, 0.717) is 25.1 Å². The van der Waals surface area contributed by atoms with Crippen LogP contribution in [0.4, 0.5) is 10.5 Å². The van der Waals surface area contributed by atoms with Gasteiger partial charge in [-0.05, 0) is 30.7 Å². The van der Waals surface area contributed by atoms with E-state index < -0.39 is 0 Å². The van der Waals surface area contributed by atoms with Crippen molar-refractivity contribution in [2.45, 2.75) is 25.8 Å². The van der Waals surface area contributed by atoms with Gasteiger partial charge in [0.1, 0.15) is 0 Å². The molecule has 0 bridgehead atoms. The van der Waals surface area contributed by atoms with Gasteiger partial charge in [-0.1, -0.05) is 6.92 Å². The number of likely N-dealkylation sites (N-methyl/N-ethyl adjacent to an activating group) is 1. The molecule has 0 aromatic heterocycles. The number of rotatable bonds is 5. The molecule has 0 radical (unpaired) electrons. The first kappa shape index (κ1) is 15.5. The Morgan fingerprint density at radius 3 is 2.43 bits per heavy atom. The van der Waals surface area contributed by atoms with Gasteiger partial charge in [-0.2, -0.15) is 0 Å². The molecule has 3 amide bonds. The lowest BCUT2D eigenvalue weighted by molar-refractivity contribution is -0.134. The Bertz CT molecular complexity index is 641. The summed E-state index contributed by atoms with van der Waals surface area (Å²) >= 11 is 0. The molecule has 2 heterocycles. The van der Waals surface area contributed by atoms with Crippen molar-refractivity contribution in [2.24, 2.45) is 5.92 Å². The number of urea groups is 1. The van der Waals surface area contributed by atoms with Crippen molar-refractivity contribution in [3.63, 3.8) is 0 Å². The lowest BCUT2D eigenvalue weighted by Crippen LogP contribution is -2.58. The second-order valence-electron chi connectivity index (χ2n) is 6.16. The van der Waals surface area contributed by atoms with E-state index in [4.69, 9.17) is 0 Å². The lowest BCUT2D eigenvalue weighted by Gasteiger charge is -2.35.